The number of fused-ring (bicyclic) bond motifs is 2. The van der Waals surface area contributed by atoms with E-state index in [1.807, 2.05) is 29.6 Å². The van der Waals surface area contributed by atoms with E-state index in [2.05, 4.69) is 0 Å². The summed E-state index contributed by atoms with van der Waals surface area (Å²) < 4.78 is 12.1. The maximum atomic E-state index is 12.4. The van der Waals surface area contributed by atoms with Gasteiger partial charge in [0.2, 0.25) is 0 Å². The summed E-state index contributed by atoms with van der Waals surface area (Å²) in [7, 11) is 1.49. The largest absolute Gasteiger partial charge is 0.507 e. The monoisotopic (exact) mass is 324 g/mol. The number of hydrogen-bond donors (Lipinski definition) is 1. The molecule has 114 valence electrons. The van der Waals surface area contributed by atoms with Crippen LogP contribution < -0.4 is 10.2 Å². The van der Waals surface area contributed by atoms with E-state index < -0.39 is 0 Å². The van der Waals surface area contributed by atoms with Gasteiger partial charge in [-0.05, 0) is 6.07 Å². The molecule has 0 aliphatic heterocycles. The van der Waals surface area contributed by atoms with Crippen molar-refractivity contribution in [3.05, 3.63) is 58.1 Å². The number of phenolic OH excluding ortho intramolecular Hbond substituents is 1. The SMILES string of the molecule is COc1cc(O)c2c(=O)cc(-c3csc4ccccc34)oc2c1. The minimum Gasteiger partial charge on any atom is -0.507 e. The van der Waals surface area contributed by atoms with Crippen LogP contribution in [0.3, 0.4) is 0 Å². The maximum absolute atomic E-state index is 12.4. The van der Waals surface area contributed by atoms with Crippen LogP contribution in [0.1, 0.15) is 0 Å². The molecule has 4 rings (SSSR count). The summed E-state index contributed by atoms with van der Waals surface area (Å²) in [5.74, 6) is 0.771. The second-order valence-electron chi connectivity index (χ2n) is 5.14. The van der Waals surface area contributed by atoms with Gasteiger partial charge in [0.05, 0.1) is 7.11 Å². The van der Waals surface area contributed by atoms with E-state index in [-0.39, 0.29) is 16.6 Å². The third-order valence-corrected chi connectivity index (χ3v) is 4.73. The number of thiophene rings is 1. The predicted molar refractivity (Wildman–Crippen MR) is 91.5 cm³/mol. The predicted octanol–water partition coefficient (Wildman–Crippen LogP) is 4.39. The number of rotatable bonds is 2. The van der Waals surface area contributed by atoms with Crippen LogP contribution in [0.4, 0.5) is 0 Å². The third kappa shape index (κ3) is 2.17. The smallest absolute Gasteiger partial charge is 0.197 e. The molecule has 2 heterocycles. The van der Waals surface area contributed by atoms with E-state index in [4.69, 9.17) is 9.15 Å². The Labute approximate surface area is 135 Å². The number of methoxy groups -OCH3 is 1. The van der Waals surface area contributed by atoms with Crippen molar-refractivity contribution in [2.24, 2.45) is 0 Å². The Kier molecular flexibility index (Phi) is 3.09. The van der Waals surface area contributed by atoms with Crippen LogP contribution in [0.5, 0.6) is 11.5 Å². The highest BCUT2D eigenvalue weighted by molar-refractivity contribution is 7.17. The second-order valence-corrected chi connectivity index (χ2v) is 6.05. The maximum Gasteiger partial charge on any atom is 0.197 e. The highest BCUT2D eigenvalue weighted by Gasteiger charge is 2.14. The normalized spacial score (nSPS) is 11.2. The lowest BCUT2D eigenvalue weighted by molar-refractivity contribution is 0.408. The Morgan fingerprint density at radius 1 is 1.17 bits per heavy atom. The molecule has 4 aromatic rings. The lowest BCUT2D eigenvalue weighted by Crippen LogP contribution is -2.01. The van der Waals surface area contributed by atoms with Gasteiger partial charge in [0.25, 0.3) is 0 Å². The first-order chi connectivity index (χ1) is 11.2. The molecule has 4 nitrogen and oxygen atoms in total. The van der Waals surface area contributed by atoms with Crippen molar-refractivity contribution in [3.8, 4) is 22.8 Å². The van der Waals surface area contributed by atoms with Gasteiger partial charge < -0.3 is 14.3 Å². The van der Waals surface area contributed by atoms with Crippen LogP contribution in [0.25, 0.3) is 32.4 Å². The fourth-order valence-electron chi connectivity index (χ4n) is 2.66. The number of hydrogen-bond acceptors (Lipinski definition) is 5. The van der Waals surface area contributed by atoms with Crippen molar-refractivity contribution < 1.29 is 14.3 Å². The van der Waals surface area contributed by atoms with Crippen molar-refractivity contribution in [1.82, 2.24) is 0 Å². The Hall–Kier alpha value is -2.79. The molecule has 5 heteroatoms. The molecule has 0 fully saturated rings. The van der Waals surface area contributed by atoms with Crippen LogP contribution >= 0.6 is 11.3 Å². The molecule has 0 bridgehead atoms. The number of phenols is 1. The average molecular weight is 324 g/mol. The summed E-state index contributed by atoms with van der Waals surface area (Å²) in [6, 6.07) is 12.4. The molecular weight excluding hydrogens is 312 g/mol. The van der Waals surface area contributed by atoms with E-state index >= 15 is 0 Å². The minimum atomic E-state index is -0.281. The molecule has 0 aliphatic rings. The summed E-state index contributed by atoms with van der Waals surface area (Å²) in [6.07, 6.45) is 0. The zero-order valence-electron chi connectivity index (χ0n) is 12.2. The zero-order chi connectivity index (χ0) is 16.0. The first kappa shape index (κ1) is 13.8. The Bertz CT molecular complexity index is 1090. The summed E-state index contributed by atoms with van der Waals surface area (Å²) in [4.78, 5) is 12.4. The molecule has 2 aromatic heterocycles. The molecular formula is C18H12O4S. The highest BCUT2D eigenvalue weighted by atomic mass is 32.1. The third-order valence-electron chi connectivity index (χ3n) is 3.77. The Morgan fingerprint density at radius 2 is 2.00 bits per heavy atom. The molecule has 0 saturated heterocycles. The lowest BCUT2D eigenvalue weighted by atomic mass is 10.1. The quantitative estimate of drug-likeness (QED) is 0.594. The molecule has 0 spiro atoms. The van der Waals surface area contributed by atoms with E-state index in [0.29, 0.717) is 17.1 Å². The van der Waals surface area contributed by atoms with E-state index in [1.165, 1.54) is 19.2 Å². The van der Waals surface area contributed by atoms with Crippen LogP contribution in [0, 0.1) is 0 Å². The first-order valence-electron chi connectivity index (χ1n) is 6.99. The van der Waals surface area contributed by atoms with Crippen LogP contribution in [0.2, 0.25) is 0 Å². The van der Waals surface area contributed by atoms with Crippen molar-refractivity contribution >= 4 is 32.4 Å². The summed E-state index contributed by atoms with van der Waals surface area (Å²) >= 11 is 1.59. The van der Waals surface area contributed by atoms with Crippen molar-refractivity contribution in [2.45, 2.75) is 0 Å². The Balaban J connectivity index is 2.03. The fourth-order valence-corrected chi connectivity index (χ4v) is 3.61. The van der Waals surface area contributed by atoms with Gasteiger partial charge in [-0.15, -0.1) is 11.3 Å². The summed E-state index contributed by atoms with van der Waals surface area (Å²) in [5, 5.41) is 13.2. The molecule has 0 unspecified atom stereocenters. The van der Waals surface area contributed by atoms with Gasteiger partial charge in [-0.25, -0.2) is 0 Å². The molecule has 23 heavy (non-hydrogen) atoms. The first-order valence-corrected chi connectivity index (χ1v) is 7.87. The molecule has 2 aromatic carbocycles. The van der Waals surface area contributed by atoms with Crippen molar-refractivity contribution in [2.75, 3.05) is 7.11 Å². The molecule has 0 saturated carbocycles. The fraction of sp³-hybridized carbons (Fsp3) is 0.0556. The van der Waals surface area contributed by atoms with Gasteiger partial charge >= 0.3 is 0 Å². The van der Waals surface area contributed by atoms with Gasteiger partial charge in [-0.3, -0.25) is 4.79 Å². The van der Waals surface area contributed by atoms with Gasteiger partial charge in [0.15, 0.2) is 5.43 Å². The van der Waals surface area contributed by atoms with Gasteiger partial charge in [-0.1, -0.05) is 18.2 Å². The molecule has 0 amide bonds. The minimum absolute atomic E-state index is 0.144. The standard InChI is InChI=1S/C18H12O4S/c1-21-10-6-13(19)18-14(20)8-15(22-16(18)7-10)12-9-23-17-5-3-2-4-11(12)17/h2-9,19H,1H3. The van der Waals surface area contributed by atoms with Gasteiger partial charge in [0.1, 0.15) is 28.2 Å². The van der Waals surface area contributed by atoms with Crippen LogP contribution in [0.15, 0.2) is 57.1 Å². The van der Waals surface area contributed by atoms with Crippen LogP contribution in [-0.4, -0.2) is 12.2 Å². The van der Waals surface area contributed by atoms with E-state index in [1.54, 1.807) is 17.4 Å². The number of benzene rings is 2. The van der Waals surface area contributed by atoms with Crippen molar-refractivity contribution in [3.63, 3.8) is 0 Å². The van der Waals surface area contributed by atoms with E-state index in [9.17, 15) is 9.90 Å². The summed E-state index contributed by atoms with van der Waals surface area (Å²) in [6.45, 7) is 0. The van der Waals surface area contributed by atoms with E-state index in [0.717, 1.165) is 15.6 Å². The van der Waals surface area contributed by atoms with Gasteiger partial charge in [0, 0.05) is 39.2 Å². The van der Waals surface area contributed by atoms with Gasteiger partial charge in [-0.2, -0.15) is 0 Å². The average Bonchev–Trinajstić information content (AvgIpc) is 2.98. The summed E-state index contributed by atoms with van der Waals surface area (Å²) in [5.41, 5.74) is 0.892. The molecule has 0 aliphatic carbocycles. The molecule has 0 atom stereocenters. The number of aromatic hydroxyl groups is 1. The van der Waals surface area contributed by atoms with Crippen LogP contribution in [-0.2, 0) is 0 Å². The number of ether oxygens (including phenoxy) is 1. The zero-order valence-corrected chi connectivity index (χ0v) is 13.0. The topological polar surface area (TPSA) is 59.7 Å². The highest BCUT2D eigenvalue weighted by Crippen LogP contribution is 2.36. The molecule has 0 radical (unpaired) electrons. The Morgan fingerprint density at radius 3 is 2.83 bits per heavy atom. The second kappa shape index (κ2) is 5.14. The lowest BCUT2D eigenvalue weighted by Gasteiger charge is -2.06. The molecule has 1 N–H and O–H groups in total. The van der Waals surface area contributed by atoms with Crippen molar-refractivity contribution in [1.29, 1.82) is 0 Å².